The van der Waals surface area contributed by atoms with Gasteiger partial charge in [-0.2, -0.15) is 0 Å². The summed E-state index contributed by atoms with van der Waals surface area (Å²) in [4.78, 5) is 4.22. The lowest BCUT2D eigenvalue weighted by Gasteiger charge is -2.12. The summed E-state index contributed by atoms with van der Waals surface area (Å²) in [6, 6.07) is 15.7. The highest BCUT2D eigenvalue weighted by Gasteiger charge is 2.24. The van der Waals surface area contributed by atoms with Gasteiger partial charge < -0.3 is 5.73 Å². The zero-order valence-electron chi connectivity index (χ0n) is 15.2. The van der Waals surface area contributed by atoms with Crippen molar-refractivity contribution in [3.8, 4) is 0 Å². The molecule has 0 amide bonds. The van der Waals surface area contributed by atoms with Gasteiger partial charge in [0.05, 0.1) is 16.3 Å². The second-order valence-corrected chi connectivity index (χ2v) is 8.76. The monoisotopic (exact) mass is 369 g/mol. The Morgan fingerprint density at radius 2 is 1.85 bits per heavy atom. The third kappa shape index (κ3) is 3.12. The highest BCUT2D eigenvalue weighted by Crippen LogP contribution is 2.29. The van der Waals surface area contributed by atoms with Gasteiger partial charge in [0, 0.05) is 0 Å². The minimum Gasteiger partial charge on any atom is -0.368 e. The van der Waals surface area contributed by atoms with Gasteiger partial charge in [-0.25, -0.2) is 17.4 Å². The second-order valence-electron chi connectivity index (χ2n) is 6.42. The molecule has 0 fully saturated rings. The first kappa shape index (κ1) is 18.2. The van der Waals surface area contributed by atoms with Gasteiger partial charge in [0.2, 0.25) is 16.0 Å². The van der Waals surface area contributed by atoms with Gasteiger partial charge in [-0.15, -0.1) is 0 Å². The molecule has 136 valence electrons. The number of aromatic nitrogens is 2. The summed E-state index contributed by atoms with van der Waals surface area (Å²) >= 11 is 0. The Labute approximate surface area is 154 Å². The van der Waals surface area contributed by atoms with Crippen molar-refractivity contribution in [2.75, 3.05) is 5.73 Å². The number of anilines is 1. The fourth-order valence-corrected chi connectivity index (χ4v) is 4.09. The molecule has 3 rings (SSSR count). The van der Waals surface area contributed by atoms with Crippen LogP contribution in [0.5, 0.6) is 0 Å². The maximum atomic E-state index is 12.7. The van der Waals surface area contributed by atoms with Crippen LogP contribution in [-0.2, 0) is 10.0 Å². The Morgan fingerprint density at radius 3 is 2.46 bits per heavy atom. The molecule has 3 aromatic rings. The minimum absolute atomic E-state index is 0.00779. The molecule has 0 aliphatic rings. The molecule has 0 unspecified atom stereocenters. The molecule has 1 aromatic heterocycles. The zero-order chi connectivity index (χ0) is 18.9. The Hall–Kier alpha value is -2.60. The van der Waals surface area contributed by atoms with Crippen molar-refractivity contribution in [2.45, 2.75) is 32.4 Å². The van der Waals surface area contributed by atoms with Gasteiger partial charge in [-0.05, 0) is 49.1 Å². The molecule has 0 aliphatic heterocycles. The van der Waals surface area contributed by atoms with Gasteiger partial charge in [0.1, 0.15) is 0 Å². The first-order valence-corrected chi connectivity index (χ1v) is 10.1. The second kappa shape index (κ2) is 6.96. The maximum Gasteiger partial charge on any atom is 0.244 e. The van der Waals surface area contributed by atoms with Crippen LogP contribution in [0.3, 0.4) is 0 Å². The molecular weight excluding hydrogens is 346 g/mol. The maximum absolute atomic E-state index is 12.7. The predicted molar refractivity (Wildman–Crippen MR) is 107 cm³/mol. The molecule has 0 spiro atoms. The number of rotatable bonds is 5. The molecular formula is C20H23N3O2S. The Morgan fingerprint density at radius 1 is 1.15 bits per heavy atom. The summed E-state index contributed by atoms with van der Waals surface area (Å²) in [5.41, 5.74) is 10.1. The summed E-state index contributed by atoms with van der Waals surface area (Å²) in [7, 11) is -3.60. The third-order valence-corrected chi connectivity index (χ3v) is 6.38. The van der Waals surface area contributed by atoms with E-state index >= 15 is 0 Å². The number of nitrogens with zero attached hydrogens (tertiary/aromatic N) is 2. The normalized spacial score (nSPS) is 12.8. The number of fused-ring (bicyclic) bond motifs is 1. The standard InChI is InChI=1S/C20H23N3O2S/c1-4-8-17(15-9-6-5-7-10-15)16-11-12-18-19(13-16)23(20(21)22-18)26(24,25)14(2)3/h5-14H,4H2,1-3H3,(H2,21,22)/b17-8-. The average Bonchev–Trinajstić information content (AvgIpc) is 2.95. The van der Waals surface area contributed by atoms with Crippen molar-refractivity contribution in [1.29, 1.82) is 0 Å². The van der Waals surface area contributed by atoms with Crippen molar-refractivity contribution in [3.63, 3.8) is 0 Å². The summed E-state index contributed by atoms with van der Waals surface area (Å²) in [5, 5.41) is -0.592. The first-order valence-electron chi connectivity index (χ1n) is 8.64. The molecule has 0 radical (unpaired) electrons. The quantitative estimate of drug-likeness (QED) is 0.736. The van der Waals surface area contributed by atoms with Gasteiger partial charge in [-0.3, -0.25) is 0 Å². The number of nitrogen functional groups attached to an aromatic ring is 1. The van der Waals surface area contributed by atoms with E-state index < -0.39 is 15.3 Å². The summed E-state index contributed by atoms with van der Waals surface area (Å²) in [6.45, 7) is 5.35. The molecule has 1 heterocycles. The Kier molecular flexibility index (Phi) is 4.87. The van der Waals surface area contributed by atoms with Crippen molar-refractivity contribution in [1.82, 2.24) is 8.96 Å². The van der Waals surface area contributed by atoms with Crippen LogP contribution in [0.4, 0.5) is 5.95 Å². The number of allylic oxidation sites excluding steroid dienone is 1. The van der Waals surface area contributed by atoms with E-state index in [-0.39, 0.29) is 5.95 Å². The Bertz CT molecular complexity index is 1070. The molecule has 5 nitrogen and oxygen atoms in total. The summed E-state index contributed by atoms with van der Waals surface area (Å²) in [6.07, 6.45) is 3.01. The smallest absolute Gasteiger partial charge is 0.244 e. The largest absolute Gasteiger partial charge is 0.368 e. The van der Waals surface area contributed by atoms with E-state index in [2.05, 4.69) is 18.0 Å². The lowest BCUT2D eigenvalue weighted by Crippen LogP contribution is -2.23. The van der Waals surface area contributed by atoms with Crippen molar-refractivity contribution < 1.29 is 8.42 Å². The molecule has 0 bridgehead atoms. The summed E-state index contributed by atoms with van der Waals surface area (Å²) < 4.78 is 26.6. The van der Waals surface area contributed by atoms with E-state index in [1.54, 1.807) is 13.8 Å². The molecule has 6 heteroatoms. The van der Waals surface area contributed by atoms with E-state index in [1.165, 1.54) is 0 Å². The van der Waals surface area contributed by atoms with Crippen LogP contribution in [0.15, 0.2) is 54.6 Å². The van der Waals surface area contributed by atoms with Crippen LogP contribution < -0.4 is 5.73 Å². The zero-order valence-corrected chi connectivity index (χ0v) is 16.0. The first-order chi connectivity index (χ1) is 12.4. The fourth-order valence-electron chi connectivity index (χ4n) is 2.94. The minimum atomic E-state index is -3.60. The highest BCUT2D eigenvalue weighted by atomic mass is 32.2. The lowest BCUT2D eigenvalue weighted by molar-refractivity contribution is 0.580. The van der Waals surface area contributed by atoms with Crippen molar-refractivity contribution in [2.24, 2.45) is 0 Å². The van der Waals surface area contributed by atoms with E-state index in [9.17, 15) is 8.42 Å². The van der Waals surface area contributed by atoms with E-state index in [1.807, 2.05) is 48.5 Å². The van der Waals surface area contributed by atoms with E-state index in [0.29, 0.717) is 11.0 Å². The predicted octanol–water partition coefficient (Wildman–Crippen LogP) is 4.05. The van der Waals surface area contributed by atoms with Gasteiger partial charge in [0.25, 0.3) is 0 Å². The fraction of sp³-hybridized carbons (Fsp3) is 0.250. The SMILES string of the molecule is CC/C=C(/c1ccccc1)c1ccc2nc(N)n(S(=O)(=O)C(C)C)c2c1. The van der Waals surface area contributed by atoms with Gasteiger partial charge >= 0.3 is 0 Å². The third-order valence-electron chi connectivity index (χ3n) is 4.29. The Balaban J connectivity index is 2.25. The number of imidazole rings is 1. The van der Waals surface area contributed by atoms with Crippen LogP contribution in [0, 0.1) is 0 Å². The lowest BCUT2D eigenvalue weighted by atomic mass is 9.96. The number of benzene rings is 2. The topological polar surface area (TPSA) is 78.0 Å². The van der Waals surface area contributed by atoms with Crippen molar-refractivity contribution in [3.05, 3.63) is 65.7 Å². The van der Waals surface area contributed by atoms with Gasteiger partial charge in [-0.1, -0.05) is 49.4 Å². The van der Waals surface area contributed by atoms with Crippen LogP contribution >= 0.6 is 0 Å². The average molecular weight is 369 g/mol. The molecule has 0 atom stereocenters. The van der Waals surface area contributed by atoms with Crippen LogP contribution in [0.1, 0.15) is 38.3 Å². The number of hydrogen-bond donors (Lipinski definition) is 1. The van der Waals surface area contributed by atoms with Crippen LogP contribution in [-0.4, -0.2) is 22.6 Å². The number of hydrogen-bond acceptors (Lipinski definition) is 4. The number of nitrogens with two attached hydrogens (primary N) is 1. The van der Waals surface area contributed by atoms with Gasteiger partial charge in [0.15, 0.2) is 0 Å². The molecule has 26 heavy (non-hydrogen) atoms. The van der Waals surface area contributed by atoms with Crippen LogP contribution in [0.2, 0.25) is 0 Å². The molecule has 0 aliphatic carbocycles. The molecule has 2 N–H and O–H groups in total. The van der Waals surface area contributed by atoms with Crippen molar-refractivity contribution >= 4 is 32.6 Å². The summed E-state index contributed by atoms with van der Waals surface area (Å²) in [5.74, 6) is -0.00779. The molecule has 2 aromatic carbocycles. The molecule has 0 saturated heterocycles. The highest BCUT2D eigenvalue weighted by molar-refractivity contribution is 7.90. The van der Waals surface area contributed by atoms with E-state index in [0.717, 1.165) is 27.1 Å². The van der Waals surface area contributed by atoms with Crippen LogP contribution in [0.25, 0.3) is 16.6 Å². The van der Waals surface area contributed by atoms with E-state index in [4.69, 9.17) is 5.73 Å². The molecule has 0 saturated carbocycles.